The minimum Gasteiger partial charge on any atom is -0.339 e. The monoisotopic (exact) mass is 385 g/mol. The Balaban J connectivity index is 2.86. The number of nitro benzene ring substituents is 3. The molecule has 19 nitrogen and oxygen atoms in total. The third-order valence-electron chi connectivity index (χ3n) is 2.86. The number of nitro groups is 5. The summed E-state index contributed by atoms with van der Waals surface area (Å²) in [6.07, 6.45) is 0.398. The van der Waals surface area contributed by atoms with Crippen molar-refractivity contribution < 1.29 is 24.8 Å². The average Bonchev–Trinajstić information content (AvgIpc) is 3.03. The van der Waals surface area contributed by atoms with E-state index in [9.17, 15) is 50.6 Å². The number of benzene rings is 1. The van der Waals surface area contributed by atoms with Gasteiger partial charge in [0.2, 0.25) is 0 Å². The van der Waals surface area contributed by atoms with Gasteiger partial charge in [-0.15, -0.1) is 0 Å². The van der Waals surface area contributed by atoms with Crippen molar-refractivity contribution in [2.24, 2.45) is 0 Å². The third kappa shape index (κ3) is 3.35. The molecule has 27 heavy (non-hydrogen) atoms. The van der Waals surface area contributed by atoms with E-state index in [1.807, 2.05) is 0 Å². The fraction of sp³-hybridized carbons (Fsp3) is 0. The van der Waals surface area contributed by atoms with Crippen LogP contribution in [0.3, 0.4) is 0 Å². The van der Waals surface area contributed by atoms with Crippen LogP contribution < -0.4 is 5.01 Å². The highest BCUT2D eigenvalue weighted by Gasteiger charge is 2.44. The zero-order valence-corrected chi connectivity index (χ0v) is 12.3. The van der Waals surface area contributed by atoms with E-state index in [4.69, 9.17) is 0 Å². The summed E-state index contributed by atoms with van der Waals surface area (Å²) >= 11 is 0. The number of nitrogens with zero attached hydrogens (tertiary/aromatic N) is 9. The topological polar surface area (TPSA) is 250 Å². The predicted molar refractivity (Wildman–Crippen MR) is 78.0 cm³/mol. The number of anilines is 2. The largest absolute Gasteiger partial charge is 0.431 e. The lowest BCUT2D eigenvalue weighted by Crippen LogP contribution is -2.27. The van der Waals surface area contributed by atoms with Crippen LogP contribution in [0.2, 0.25) is 0 Å². The second kappa shape index (κ2) is 6.58. The fourth-order valence-electron chi connectivity index (χ4n) is 1.87. The maximum absolute atomic E-state index is 11.3. The number of non-ortho nitro benzene ring substituents is 1. The van der Waals surface area contributed by atoms with Gasteiger partial charge in [-0.2, -0.15) is 4.98 Å². The predicted octanol–water partition coefficient (Wildman–Crippen LogP) is 0.372. The van der Waals surface area contributed by atoms with Crippen molar-refractivity contribution in [1.29, 1.82) is 0 Å². The minimum atomic E-state index is -1.42. The molecule has 0 amide bonds. The van der Waals surface area contributed by atoms with E-state index in [2.05, 4.69) is 10.1 Å². The lowest BCUT2D eigenvalue weighted by molar-refractivity contribution is -0.553. The summed E-state index contributed by atoms with van der Waals surface area (Å²) in [5.41, 5.74) is -5.18. The van der Waals surface area contributed by atoms with Gasteiger partial charge in [0.15, 0.2) is 11.4 Å². The molecule has 0 bridgehead atoms. The van der Waals surface area contributed by atoms with E-state index in [1.54, 1.807) is 0 Å². The molecule has 0 aliphatic rings. The molecule has 0 spiro atoms. The summed E-state index contributed by atoms with van der Waals surface area (Å²) in [7, 11) is 0. The van der Waals surface area contributed by atoms with Gasteiger partial charge < -0.3 is 10.1 Å². The van der Waals surface area contributed by atoms with Crippen molar-refractivity contribution >= 4 is 28.7 Å². The van der Waals surface area contributed by atoms with Crippen LogP contribution in [-0.2, 0) is 0 Å². The van der Waals surface area contributed by atoms with E-state index >= 15 is 0 Å². The van der Waals surface area contributed by atoms with Gasteiger partial charge in [0.05, 0.1) is 31.9 Å². The van der Waals surface area contributed by atoms with Crippen molar-refractivity contribution in [1.82, 2.24) is 14.9 Å². The van der Waals surface area contributed by atoms with Crippen molar-refractivity contribution in [2.45, 2.75) is 0 Å². The molecule has 2 aromatic rings. The second-order valence-corrected chi connectivity index (χ2v) is 4.36. The Morgan fingerprint density at radius 2 is 1.37 bits per heavy atom. The summed E-state index contributed by atoms with van der Waals surface area (Å²) in [4.78, 5) is 54.4. The molecule has 0 saturated heterocycles. The van der Waals surface area contributed by atoms with E-state index < -0.39 is 53.5 Å². The molecule has 0 fully saturated rings. The Kier molecular flexibility index (Phi) is 4.51. The van der Waals surface area contributed by atoms with Crippen molar-refractivity contribution in [3.8, 4) is 0 Å². The first-order valence-electron chi connectivity index (χ1n) is 6.16. The first kappa shape index (κ1) is 18.5. The molecular formula is C8H3N9O10. The fourth-order valence-corrected chi connectivity index (χ4v) is 1.87. The first-order valence-corrected chi connectivity index (χ1v) is 6.16. The van der Waals surface area contributed by atoms with E-state index in [-0.39, 0.29) is 21.9 Å². The van der Waals surface area contributed by atoms with Crippen molar-refractivity contribution in [3.05, 3.63) is 69.0 Å². The highest BCUT2D eigenvalue weighted by molar-refractivity contribution is 5.80. The first-order chi connectivity index (χ1) is 12.5. The zero-order valence-electron chi connectivity index (χ0n) is 12.3. The van der Waals surface area contributed by atoms with Gasteiger partial charge in [-0.05, 0) is 0 Å². The van der Waals surface area contributed by atoms with E-state index in [0.717, 1.165) is 0 Å². The standard InChI is InChI=1S/C8H3N9O10/c18-13(19)4-1-5(14(20)21)7(6(2-4)15(22)23)12(17(26)27)8-9-3-11(10-8)16(24)25/h1-3H. The van der Waals surface area contributed by atoms with Gasteiger partial charge in [-0.25, -0.2) is 10.1 Å². The molecule has 0 radical (unpaired) electrons. The van der Waals surface area contributed by atoms with Gasteiger partial charge >= 0.3 is 17.3 Å². The number of hydrogen-bond acceptors (Lipinski definition) is 12. The quantitative estimate of drug-likeness (QED) is 0.461. The highest BCUT2D eigenvalue weighted by Crippen LogP contribution is 2.43. The molecule has 0 atom stereocenters. The molecule has 0 saturated carbocycles. The van der Waals surface area contributed by atoms with Crippen LogP contribution >= 0.6 is 0 Å². The SMILES string of the molecule is O=[N+]([O-])c1cc([N+](=O)[O-])c(N(c2ncn([N+](=O)[O-])n2)[N+](=O)[O-])c([N+](=O)[O-])c1. The molecule has 1 aromatic carbocycles. The Morgan fingerprint density at radius 3 is 1.70 bits per heavy atom. The van der Waals surface area contributed by atoms with Gasteiger partial charge in [0, 0.05) is 9.80 Å². The maximum atomic E-state index is 11.3. The van der Waals surface area contributed by atoms with Gasteiger partial charge in [0.25, 0.3) is 11.4 Å². The highest BCUT2D eigenvalue weighted by atomic mass is 16.7. The number of hydrogen-bond donors (Lipinski definition) is 0. The number of rotatable bonds is 7. The summed E-state index contributed by atoms with van der Waals surface area (Å²) < 4.78 is 0. The smallest absolute Gasteiger partial charge is 0.339 e. The van der Waals surface area contributed by atoms with Crippen LogP contribution in [0.5, 0.6) is 0 Å². The molecule has 140 valence electrons. The number of aromatic nitrogens is 3. The van der Waals surface area contributed by atoms with Crippen LogP contribution in [-0.4, -0.2) is 39.7 Å². The molecule has 1 heterocycles. The third-order valence-corrected chi connectivity index (χ3v) is 2.86. The molecule has 1 aromatic heterocycles. The van der Waals surface area contributed by atoms with Crippen LogP contribution in [0.25, 0.3) is 0 Å². The Labute approximate surface area is 143 Å². The molecule has 19 heteroatoms. The molecule has 2 rings (SSSR count). The Bertz CT molecular complexity index is 963. The Hall–Kier alpha value is -4.84. The van der Waals surface area contributed by atoms with Gasteiger partial charge in [0.1, 0.15) is 5.10 Å². The molecule has 0 aliphatic heterocycles. The molecular weight excluding hydrogens is 382 g/mol. The summed E-state index contributed by atoms with van der Waals surface area (Å²) in [6.45, 7) is 0. The summed E-state index contributed by atoms with van der Waals surface area (Å²) in [6, 6.07) is 0.507. The van der Waals surface area contributed by atoms with Gasteiger partial charge in [-0.3, -0.25) is 30.3 Å². The summed E-state index contributed by atoms with van der Waals surface area (Å²) in [5, 5.41) is 55.3. The lowest BCUT2D eigenvalue weighted by atomic mass is 10.2. The summed E-state index contributed by atoms with van der Waals surface area (Å²) in [5.74, 6) is -1.13. The molecule has 0 unspecified atom stereocenters. The lowest BCUT2D eigenvalue weighted by Gasteiger charge is -2.08. The van der Waals surface area contributed by atoms with Crippen LogP contribution in [0, 0.1) is 50.6 Å². The zero-order chi connectivity index (χ0) is 20.5. The van der Waals surface area contributed by atoms with Crippen LogP contribution in [0.15, 0.2) is 18.5 Å². The van der Waals surface area contributed by atoms with Crippen LogP contribution in [0.4, 0.5) is 28.7 Å². The second-order valence-electron chi connectivity index (χ2n) is 4.36. The normalized spacial score (nSPS) is 10.2. The van der Waals surface area contributed by atoms with E-state index in [1.165, 1.54) is 0 Å². The van der Waals surface area contributed by atoms with Crippen molar-refractivity contribution in [3.63, 3.8) is 0 Å². The van der Waals surface area contributed by atoms with Crippen LogP contribution in [0.1, 0.15) is 0 Å². The Morgan fingerprint density at radius 1 is 0.852 bits per heavy atom. The minimum absolute atomic E-state index is 0.0884. The van der Waals surface area contributed by atoms with Gasteiger partial charge in [-0.1, -0.05) is 0 Å². The molecule has 0 aliphatic carbocycles. The average molecular weight is 385 g/mol. The van der Waals surface area contributed by atoms with Crippen molar-refractivity contribution in [2.75, 3.05) is 5.01 Å². The molecule has 0 N–H and O–H groups in total. The maximum Gasteiger partial charge on any atom is 0.431 e. The number of hydrazine groups is 1. The van der Waals surface area contributed by atoms with E-state index in [0.29, 0.717) is 6.33 Å².